The predicted molar refractivity (Wildman–Crippen MR) is 79.4 cm³/mol. The molecule has 0 aromatic carbocycles. The number of rotatable bonds is 3. The van der Waals surface area contributed by atoms with Crippen LogP contribution in [0.25, 0.3) is 0 Å². The van der Waals surface area contributed by atoms with Crippen molar-refractivity contribution >= 4 is 15.9 Å². The molecule has 3 heteroatoms. The Morgan fingerprint density at radius 1 is 1.11 bits per heavy atom. The van der Waals surface area contributed by atoms with E-state index in [2.05, 4.69) is 33.0 Å². The van der Waals surface area contributed by atoms with Crippen molar-refractivity contribution in [3.8, 4) is 0 Å². The van der Waals surface area contributed by atoms with E-state index in [9.17, 15) is 0 Å². The molecule has 0 radical (unpaired) electrons. The van der Waals surface area contributed by atoms with Crippen molar-refractivity contribution in [1.29, 1.82) is 0 Å². The van der Waals surface area contributed by atoms with Crippen molar-refractivity contribution in [3.63, 3.8) is 0 Å². The summed E-state index contributed by atoms with van der Waals surface area (Å²) in [7, 11) is 0. The Kier molecular flexibility index (Phi) is 5.19. The molecule has 1 heterocycles. The second kappa shape index (κ2) is 6.67. The quantitative estimate of drug-likeness (QED) is 0.913. The van der Waals surface area contributed by atoms with Crippen molar-refractivity contribution in [1.82, 2.24) is 4.98 Å². The summed E-state index contributed by atoms with van der Waals surface area (Å²) in [6, 6.07) is 4.20. The summed E-state index contributed by atoms with van der Waals surface area (Å²) in [5.74, 6) is 0. The third-order valence-electron chi connectivity index (χ3n) is 4.19. The van der Waals surface area contributed by atoms with E-state index in [1.54, 1.807) is 0 Å². The Bertz CT molecular complexity index is 353. The third kappa shape index (κ3) is 3.79. The van der Waals surface area contributed by atoms with Gasteiger partial charge in [0, 0.05) is 16.4 Å². The molecule has 1 aliphatic carbocycles. The van der Waals surface area contributed by atoms with Gasteiger partial charge in [-0.15, -0.1) is 0 Å². The van der Waals surface area contributed by atoms with E-state index in [0.29, 0.717) is 5.41 Å². The number of hydrogen-bond donors (Lipinski definition) is 1. The van der Waals surface area contributed by atoms with E-state index in [1.165, 1.54) is 50.6 Å². The maximum absolute atomic E-state index is 6.10. The predicted octanol–water partition coefficient (Wildman–Crippen LogP) is 4.08. The molecule has 0 amide bonds. The monoisotopic (exact) mass is 310 g/mol. The molecule has 1 fully saturated rings. The van der Waals surface area contributed by atoms with Gasteiger partial charge in [0.1, 0.15) is 0 Å². The summed E-state index contributed by atoms with van der Waals surface area (Å²) in [6.45, 7) is 0.796. The molecule has 1 saturated carbocycles. The minimum atomic E-state index is 0.293. The number of halogens is 1. The largest absolute Gasteiger partial charge is 0.330 e. The van der Waals surface area contributed by atoms with Gasteiger partial charge in [0.15, 0.2) is 0 Å². The second-order valence-electron chi connectivity index (χ2n) is 5.62. The normalized spacial score (nSPS) is 20.1. The van der Waals surface area contributed by atoms with Crippen LogP contribution in [0.5, 0.6) is 0 Å². The number of hydrogen-bond acceptors (Lipinski definition) is 2. The lowest BCUT2D eigenvalue weighted by Gasteiger charge is -2.34. The summed E-state index contributed by atoms with van der Waals surface area (Å²) in [5.41, 5.74) is 7.58. The first kappa shape index (κ1) is 14.0. The van der Waals surface area contributed by atoms with Gasteiger partial charge in [-0.2, -0.15) is 0 Å². The molecule has 0 spiro atoms. The van der Waals surface area contributed by atoms with Crippen LogP contribution in [0, 0.1) is 5.41 Å². The molecule has 0 unspecified atom stereocenters. The molecule has 2 nitrogen and oxygen atoms in total. The Hall–Kier alpha value is -0.410. The molecule has 100 valence electrons. The smallest absolute Gasteiger partial charge is 0.0413 e. The van der Waals surface area contributed by atoms with E-state index in [1.807, 2.05) is 6.20 Å². The fraction of sp³-hybridized carbons (Fsp3) is 0.667. The Morgan fingerprint density at radius 2 is 1.78 bits per heavy atom. The first-order valence-electron chi connectivity index (χ1n) is 7.05. The summed E-state index contributed by atoms with van der Waals surface area (Å²) < 4.78 is 1.05. The third-order valence-corrected chi connectivity index (χ3v) is 4.66. The lowest BCUT2D eigenvalue weighted by molar-refractivity contribution is 0.215. The maximum Gasteiger partial charge on any atom is 0.0413 e. The van der Waals surface area contributed by atoms with Crippen LogP contribution < -0.4 is 5.73 Å². The molecule has 1 aromatic rings. The number of pyridine rings is 1. The lowest BCUT2D eigenvalue weighted by Crippen LogP contribution is -2.34. The molecule has 0 saturated heterocycles. The zero-order chi connectivity index (χ0) is 12.8. The van der Waals surface area contributed by atoms with Crippen LogP contribution in [-0.2, 0) is 6.42 Å². The van der Waals surface area contributed by atoms with Gasteiger partial charge in [-0.05, 0) is 59.3 Å². The molecule has 1 aliphatic rings. The number of aromatic nitrogens is 1. The van der Waals surface area contributed by atoms with Crippen molar-refractivity contribution < 1.29 is 0 Å². The highest BCUT2D eigenvalue weighted by Gasteiger charge is 2.29. The maximum atomic E-state index is 6.10. The number of nitrogens with two attached hydrogens (primary N) is 1. The van der Waals surface area contributed by atoms with Crippen molar-refractivity contribution in [2.75, 3.05) is 6.54 Å². The summed E-state index contributed by atoms with van der Waals surface area (Å²) in [5, 5.41) is 0. The van der Waals surface area contributed by atoms with Crippen molar-refractivity contribution in [2.24, 2.45) is 11.1 Å². The first-order chi connectivity index (χ1) is 8.74. The van der Waals surface area contributed by atoms with E-state index in [-0.39, 0.29) is 0 Å². The van der Waals surface area contributed by atoms with Gasteiger partial charge in [0.2, 0.25) is 0 Å². The van der Waals surface area contributed by atoms with Gasteiger partial charge in [0.25, 0.3) is 0 Å². The van der Waals surface area contributed by atoms with Crippen LogP contribution in [0.15, 0.2) is 22.8 Å². The molecule has 0 aliphatic heterocycles. The summed E-state index contributed by atoms with van der Waals surface area (Å²) in [4.78, 5) is 4.52. The molecule has 2 rings (SSSR count). The fourth-order valence-electron chi connectivity index (χ4n) is 3.00. The van der Waals surface area contributed by atoms with Gasteiger partial charge >= 0.3 is 0 Å². The molecule has 1 aromatic heterocycles. The second-order valence-corrected chi connectivity index (χ2v) is 6.53. The highest BCUT2D eigenvalue weighted by Crippen LogP contribution is 2.36. The van der Waals surface area contributed by atoms with Gasteiger partial charge in [-0.3, -0.25) is 4.98 Å². The Morgan fingerprint density at radius 3 is 2.33 bits per heavy atom. The number of nitrogens with zero attached hydrogens (tertiary/aromatic N) is 1. The lowest BCUT2D eigenvalue weighted by atomic mass is 9.73. The molecule has 0 atom stereocenters. The van der Waals surface area contributed by atoms with Gasteiger partial charge < -0.3 is 5.73 Å². The minimum Gasteiger partial charge on any atom is -0.330 e. The Labute approximate surface area is 119 Å². The van der Waals surface area contributed by atoms with E-state index in [0.717, 1.165) is 17.4 Å². The highest BCUT2D eigenvalue weighted by molar-refractivity contribution is 9.10. The molecular formula is C15H23BrN2. The minimum absolute atomic E-state index is 0.293. The van der Waals surface area contributed by atoms with Crippen LogP contribution in [0.4, 0.5) is 0 Å². The SMILES string of the molecule is NCC1(Cc2ccc(Br)cn2)CCCCCCC1. The van der Waals surface area contributed by atoms with E-state index < -0.39 is 0 Å². The van der Waals surface area contributed by atoms with E-state index >= 15 is 0 Å². The average Bonchev–Trinajstić information content (AvgIpc) is 2.36. The summed E-state index contributed by atoms with van der Waals surface area (Å²) in [6.07, 6.45) is 12.3. The first-order valence-corrected chi connectivity index (χ1v) is 7.84. The van der Waals surface area contributed by atoms with Gasteiger partial charge in [0.05, 0.1) is 0 Å². The van der Waals surface area contributed by atoms with E-state index in [4.69, 9.17) is 5.73 Å². The van der Waals surface area contributed by atoms with Crippen LogP contribution in [-0.4, -0.2) is 11.5 Å². The van der Waals surface area contributed by atoms with Crippen LogP contribution in [0.2, 0.25) is 0 Å². The fourth-order valence-corrected chi connectivity index (χ4v) is 3.24. The zero-order valence-corrected chi connectivity index (χ0v) is 12.6. The molecule has 2 N–H and O–H groups in total. The van der Waals surface area contributed by atoms with Crippen molar-refractivity contribution in [3.05, 3.63) is 28.5 Å². The molecular weight excluding hydrogens is 288 g/mol. The summed E-state index contributed by atoms with van der Waals surface area (Å²) >= 11 is 3.44. The van der Waals surface area contributed by atoms with Gasteiger partial charge in [-0.25, -0.2) is 0 Å². The highest BCUT2D eigenvalue weighted by atomic mass is 79.9. The topological polar surface area (TPSA) is 38.9 Å². The Balaban J connectivity index is 2.07. The zero-order valence-electron chi connectivity index (χ0n) is 11.0. The van der Waals surface area contributed by atoms with Crippen molar-refractivity contribution in [2.45, 2.75) is 51.4 Å². The molecule has 0 bridgehead atoms. The standard InChI is InChI=1S/C15H23BrN2/c16-13-6-7-14(18-11-13)10-15(12-17)8-4-2-1-3-5-9-15/h6-7,11H,1-5,8-10,12,17H2. The van der Waals surface area contributed by atoms with Crippen LogP contribution in [0.1, 0.15) is 50.6 Å². The van der Waals surface area contributed by atoms with Crippen LogP contribution >= 0.6 is 15.9 Å². The van der Waals surface area contributed by atoms with Gasteiger partial charge in [-0.1, -0.05) is 32.1 Å². The average molecular weight is 311 g/mol. The van der Waals surface area contributed by atoms with Crippen LogP contribution in [0.3, 0.4) is 0 Å². The molecule has 18 heavy (non-hydrogen) atoms.